The highest BCUT2D eigenvalue weighted by Gasteiger charge is 2.23. The number of allylic oxidation sites excluding steroid dienone is 2. The van der Waals surface area contributed by atoms with Crippen LogP contribution >= 0.6 is 0 Å². The Kier molecular flexibility index (Phi) is 1.74. The average molecular weight is 188 g/mol. The number of phenolic OH excluding ortho intramolecular Hbond substituents is 1. The molecule has 0 amide bonds. The van der Waals surface area contributed by atoms with Crippen LogP contribution in [0.1, 0.15) is 26.3 Å². The summed E-state index contributed by atoms with van der Waals surface area (Å²) in [7, 11) is 0. The fraction of sp³-hybridized carbons (Fsp3) is 0.0909. The van der Waals surface area contributed by atoms with Gasteiger partial charge in [0.05, 0.1) is 5.56 Å². The maximum Gasteiger partial charge on any atom is 0.190 e. The number of hydrogen-bond donors (Lipinski definition) is 1. The number of ketones is 2. The number of fused-ring (bicyclic) bond motifs is 1. The van der Waals surface area contributed by atoms with Gasteiger partial charge in [-0.1, -0.05) is 6.07 Å². The summed E-state index contributed by atoms with van der Waals surface area (Å²) in [5.41, 5.74) is 1.15. The molecule has 3 nitrogen and oxygen atoms in total. The summed E-state index contributed by atoms with van der Waals surface area (Å²) >= 11 is 0. The van der Waals surface area contributed by atoms with Crippen LogP contribution in [-0.4, -0.2) is 16.7 Å². The molecule has 0 saturated heterocycles. The summed E-state index contributed by atoms with van der Waals surface area (Å²) in [6.45, 7) is 1.74. The fourth-order valence-electron chi connectivity index (χ4n) is 1.58. The van der Waals surface area contributed by atoms with Gasteiger partial charge in [-0.2, -0.15) is 0 Å². The highest BCUT2D eigenvalue weighted by molar-refractivity contribution is 6.23. The Morgan fingerprint density at radius 1 is 1.00 bits per heavy atom. The van der Waals surface area contributed by atoms with Crippen molar-refractivity contribution in [3.63, 3.8) is 0 Å². The number of carbonyl (C=O) groups excluding carboxylic acids is 2. The summed E-state index contributed by atoms with van der Waals surface area (Å²) < 4.78 is 0. The van der Waals surface area contributed by atoms with E-state index in [0.717, 1.165) is 0 Å². The Morgan fingerprint density at radius 3 is 2.14 bits per heavy atom. The third kappa shape index (κ3) is 1.06. The van der Waals surface area contributed by atoms with Crippen LogP contribution in [-0.2, 0) is 0 Å². The van der Waals surface area contributed by atoms with Crippen molar-refractivity contribution in [1.29, 1.82) is 0 Å². The molecule has 3 heteroatoms. The molecule has 0 unspecified atom stereocenters. The molecule has 1 aliphatic carbocycles. The Morgan fingerprint density at radius 2 is 1.57 bits per heavy atom. The molecule has 0 fully saturated rings. The second kappa shape index (κ2) is 2.80. The molecular weight excluding hydrogens is 180 g/mol. The molecular formula is C11H8O3. The first kappa shape index (κ1) is 8.69. The lowest BCUT2D eigenvalue weighted by atomic mass is 9.90. The zero-order valence-electron chi connectivity index (χ0n) is 7.57. The van der Waals surface area contributed by atoms with E-state index in [4.69, 9.17) is 0 Å². The van der Waals surface area contributed by atoms with Gasteiger partial charge in [-0.25, -0.2) is 0 Å². The zero-order valence-corrected chi connectivity index (χ0v) is 7.57. The summed E-state index contributed by atoms with van der Waals surface area (Å²) in [5.74, 6) is -0.679. The molecule has 0 heterocycles. The van der Waals surface area contributed by atoms with Crippen LogP contribution in [0, 0.1) is 6.92 Å². The smallest absolute Gasteiger partial charge is 0.190 e. The molecule has 0 aliphatic heterocycles. The van der Waals surface area contributed by atoms with Crippen molar-refractivity contribution in [1.82, 2.24) is 0 Å². The topological polar surface area (TPSA) is 54.4 Å². The van der Waals surface area contributed by atoms with Crippen molar-refractivity contribution >= 4 is 11.6 Å². The van der Waals surface area contributed by atoms with Crippen LogP contribution in [0.15, 0.2) is 24.3 Å². The van der Waals surface area contributed by atoms with Crippen LogP contribution in [0.5, 0.6) is 5.75 Å². The van der Waals surface area contributed by atoms with E-state index >= 15 is 0 Å². The summed E-state index contributed by atoms with van der Waals surface area (Å²) in [6.07, 6.45) is 2.42. The third-order valence-electron chi connectivity index (χ3n) is 2.27. The number of aromatic hydroxyl groups is 1. The third-order valence-corrected chi connectivity index (χ3v) is 2.27. The lowest BCUT2D eigenvalue weighted by Crippen LogP contribution is -2.13. The molecule has 2 rings (SSSR count). The predicted molar refractivity (Wildman–Crippen MR) is 50.6 cm³/mol. The summed E-state index contributed by atoms with van der Waals surface area (Å²) in [5, 5.41) is 9.46. The average Bonchev–Trinajstić information content (AvgIpc) is 2.16. The summed E-state index contributed by atoms with van der Waals surface area (Å²) in [4.78, 5) is 22.9. The number of carbonyl (C=O) groups is 2. The molecule has 14 heavy (non-hydrogen) atoms. The van der Waals surface area contributed by atoms with Gasteiger partial charge in [0.15, 0.2) is 11.6 Å². The molecule has 1 aromatic rings. The largest absolute Gasteiger partial charge is 0.507 e. The maximum atomic E-state index is 11.5. The van der Waals surface area contributed by atoms with Crippen molar-refractivity contribution < 1.29 is 14.7 Å². The van der Waals surface area contributed by atoms with Crippen molar-refractivity contribution in [2.24, 2.45) is 0 Å². The molecule has 0 radical (unpaired) electrons. The van der Waals surface area contributed by atoms with Crippen molar-refractivity contribution in [2.75, 3.05) is 0 Å². The summed E-state index contributed by atoms with van der Waals surface area (Å²) in [6, 6.07) is 3.05. The molecule has 0 saturated carbocycles. The Balaban J connectivity index is 2.83. The van der Waals surface area contributed by atoms with E-state index in [-0.39, 0.29) is 22.9 Å². The highest BCUT2D eigenvalue weighted by Crippen LogP contribution is 2.28. The number of rotatable bonds is 0. The van der Waals surface area contributed by atoms with Crippen molar-refractivity contribution in [3.8, 4) is 5.75 Å². The van der Waals surface area contributed by atoms with Crippen LogP contribution in [0.2, 0.25) is 0 Å². The molecule has 0 bridgehead atoms. The monoisotopic (exact) mass is 188 g/mol. The Bertz CT molecular complexity index is 427. The SMILES string of the molecule is Cc1ccc(O)c2c1C(=O)C=CC2=O. The van der Waals surface area contributed by atoms with Gasteiger partial charge < -0.3 is 5.11 Å². The van der Waals surface area contributed by atoms with E-state index in [1.165, 1.54) is 18.2 Å². The normalized spacial score (nSPS) is 14.4. The van der Waals surface area contributed by atoms with Crippen molar-refractivity contribution in [2.45, 2.75) is 6.92 Å². The maximum absolute atomic E-state index is 11.5. The van der Waals surface area contributed by atoms with Crippen LogP contribution in [0.25, 0.3) is 0 Å². The van der Waals surface area contributed by atoms with Crippen molar-refractivity contribution in [3.05, 3.63) is 41.0 Å². The molecule has 0 aromatic heterocycles. The highest BCUT2D eigenvalue weighted by atomic mass is 16.3. The van der Waals surface area contributed by atoms with E-state index in [1.807, 2.05) is 0 Å². The number of aryl methyl sites for hydroxylation is 1. The quantitative estimate of drug-likeness (QED) is 0.673. The first-order valence-electron chi connectivity index (χ1n) is 4.20. The van der Waals surface area contributed by atoms with E-state index in [1.54, 1.807) is 13.0 Å². The predicted octanol–water partition coefficient (Wildman–Crippen LogP) is 1.64. The number of phenols is 1. The van der Waals surface area contributed by atoms with E-state index in [0.29, 0.717) is 11.1 Å². The van der Waals surface area contributed by atoms with E-state index in [2.05, 4.69) is 0 Å². The van der Waals surface area contributed by atoms with Crippen LogP contribution in [0.3, 0.4) is 0 Å². The van der Waals surface area contributed by atoms with Crippen LogP contribution in [0.4, 0.5) is 0 Å². The lowest BCUT2D eigenvalue weighted by Gasteiger charge is -2.12. The second-order valence-corrected chi connectivity index (χ2v) is 3.21. The molecule has 70 valence electrons. The molecule has 1 aromatic carbocycles. The van der Waals surface area contributed by atoms with Gasteiger partial charge in [-0.15, -0.1) is 0 Å². The molecule has 0 spiro atoms. The Labute approximate surface area is 80.7 Å². The van der Waals surface area contributed by atoms with Gasteiger partial charge in [-0.05, 0) is 30.7 Å². The Hall–Kier alpha value is -1.90. The van der Waals surface area contributed by atoms with Gasteiger partial charge in [0.2, 0.25) is 0 Å². The van der Waals surface area contributed by atoms with Crippen LogP contribution < -0.4 is 0 Å². The first-order chi connectivity index (χ1) is 6.61. The van der Waals surface area contributed by atoms with Gasteiger partial charge in [0.1, 0.15) is 5.75 Å². The minimum Gasteiger partial charge on any atom is -0.507 e. The van der Waals surface area contributed by atoms with E-state index < -0.39 is 0 Å². The van der Waals surface area contributed by atoms with Gasteiger partial charge in [-0.3, -0.25) is 9.59 Å². The molecule has 1 N–H and O–H groups in total. The van der Waals surface area contributed by atoms with Gasteiger partial charge in [0.25, 0.3) is 0 Å². The molecule has 1 aliphatic rings. The lowest BCUT2D eigenvalue weighted by molar-refractivity contribution is 0.0991. The zero-order chi connectivity index (χ0) is 10.3. The fourth-order valence-corrected chi connectivity index (χ4v) is 1.58. The number of hydrogen-bond acceptors (Lipinski definition) is 3. The minimum atomic E-state index is -0.319. The second-order valence-electron chi connectivity index (χ2n) is 3.21. The first-order valence-corrected chi connectivity index (χ1v) is 4.20. The number of benzene rings is 1. The van der Waals surface area contributed by atoms with Gasteiger partial charge >= 0.3 is 0 Å². The van der Waals surface area contributed by atoms with E-state index in [9.17, 15) is 14.7 Å². The van der Waals surface area contributed by atoms with Gasteiger partial charge in [0, 0.05) is 5.56 Å². The molecule has 0 atom stereocenters. The minimum absolute atomic E-state index is 0.123. The standard InChI is InChI=1S/C11H8O3/c1-6-2-3-8(13)11-9(14)5-4-7(12)10(6)11/h2-5,13H,1H3.